The SMILES string of the molecule is CCCCCCCCCCCCCCCCCCC[N+](C)(CCC)CCCCCCCCCCCCCCCCCC.[Cl-]. The molecule has 0 bridgehead atoms. The maximum atomic E-state index is 2.56. The molecule has 0 saturated carbocycles. The van der Waals surface area contributed by atoms with Gasteiger partial charge in [0.25, 0.3) is 0 Å². The zero-order valence-corrected chi connectivity index (χ0v) is 31.7. The van der Waals surface area contributed by atoms with E-state index in [9.17, 15) is 0 Å². The molecule has 0 rings (SSSR count). The van der Waals surface area contributed by atoms with Crippen LogP contribution < -0.4 is 12.4 Å². The molecule has 0 N–H and O–H groups in total. The lowest BCUT2D eigenvalue weighted by Gasteiger charge is -2.34. The average Bonchev–Trinajstić information content (AvgIpc) is 2.98. The average molecular weight is 629 g/mol. The quantitative estimate of drug-likeness (QED) is 0.0474. The van der Waals surface area contributed by atoms with E-state index in [-0.39, 0.29) is 12.4 Å². The van der Waals surface area contributed by atoms with Gasteiger partial charge in [0.05, 0.1) is 26.7 Å². The standard InChI is InChI=1S/C41H86N.ClH/c1-5-8-10-12-14-16-18-20-22-24-26-28-30-32-34-36-38-41-42(4,39-7-3)40-37-35-33-31-29-27-25-23-21-19-17-15-13-11-9-6-2;/h5-41H2,1-4H3;1H/q+1;/p-1. The molecule has 0 radical (unpaired) electrons. The summed E-state index contributed by atoms with van der Waals surface area (Å²) in [6.45, 7) is 11.2. The Morgan fingerprint density at radius 1 is 0.233 bits per heavy atom. The van der Waals surface area contributed by atoms with Gasteiger partial charge in [0, 0.05) is 0 Å². The monoisotopic (exact) mass is 628 g/mol. The van der Waals surface area contributed by atoms with Crippen molar-refractivity contribution in [3.05, 3.63) is 0 Å². The molecular weight excluding hydrogens is 542 g/mol. The van der Waals surface area contributed by atoms with Gasteiger partial charge in [0.2, 0.25) is 0 Å². The van der Waals surface area contributed by atoms with Crippen LogP contribution in [0.1, 0.15) is 239 Å². The van der Waals surface area contributed by atoms with Crippen LogP contribution in [0.15, 0.2) is 0 Å². The van der Waals surface area contributed by atoms with E-state index in [0.717, 1.165) is 0 Å². The van der Waals surface area contributed by atoms with Crippen LogP contribution >= 0.6 is 0 Å². The molecule has 0 aromatic heterocycles. The van der Waals surface area contributed by atoms with E-state index in [1.165, 1.54) is 242 Å². The highest BCUT2D eigenvalue weighted by atomic mass is 35.5. The number of nitrogens with zero attached hydrogens (tertiary/aromatic N) is 1. The molecule has 0 amide bonds. The highest BCUT2D eigenvalue weighted by Gasteiger charge is 2.19. The van der Waals surface area contributed by atoms with E-state index in [1.807, 2.05) is 0 Å². The van der Waals surface area contributed by atoms with E-state index in [4.69, 9.17) is 0 Å². The van der Waals surface area contributed by atoms with Gasteiger partial charge in [-0.3, -0.25) is 0 Å². The van der Waals surface area contributed by atoms with Crippen LogP contribution in [0.2, 0.25) is 0 Å². The van der Waals surface area contributed by atoms with Gasteiger partial charge >= 0.3 is 0 Å². The summed E-state index contributed by atoms with van der Waals surface area (Å²) in [6, 6.07) is 0. The summed E-state index contributed by atoms with van der Waals surface area (Å²) in [7, 11) is 2.56. The Balaban J connectivity index is 0. The fraction of sp³-hybridized carbons (Fsp3) is 1.00. The summed E-state index contributed by atoms with van der Waals surface area (Å²) < 4.78 is 1.34. The van der Waals surface area contributed by atoms with Gasteiger partial charge in [0.15, 0.2) is 0 Å². The molecule has 1 atom stereocenters. The molecule has 0 aromatic carbocycles. The van der Waals surface area contributed by atoms with E-state index >= 15 is 0 Å². The highest BCUT2D eigenvalue weighted by molar-refractivity contribution is 4.53. The summed E-state index contributed by atoms with van der Waals surface area (Å²) in [5.74, 6) is 0. The first kappa shape index (κ1) is 45.4. The Labute approximate surface area is 281 Å². The molecule has 262 valence electrons. The molecule has 0 saturated heterocycles. The number of rotatable bonds is 37. The van der Waals surface area contributed by atoms with Crippen LogP contribution in [0.25, 0.3) is 0 Å². The summed E-state index contributed by atoms with van der Waals surface area (Å²) in [4.78, 5) is 0. The summed E-state index contributed by atoms with van der Waals surface area (Å²) in [5, 5.41) is 0. The lowest BCUT2D eigenvalue weighted by atomic mass is 10.0. The van der Waals surface area contributed by atoms with Gasteiger partial charge in [-0.2, -0.15) is 0 Å². The molecule has 0 aliphatic heterocycles. The third-order valence-corrected chi connectivity index (χ3v) is 10.1. The number of hydrogen-bond donors (Lipinski definition) is 0. The molecule has 1 nitrogen and oxygen atoms in total. The van der Waals surface area contributed by atoms with E-state index < -0.39 is 0 Å². The zero-order chi connectivity index (χ0) is 30.7. The first-order chi connectivity index (χ1) is 20.7. The summed E-state index contributed by atoms with van der Waals surface area (Å²) in [5.41, 5.74) is 0. The van der Waals surface area contributed by atoms with Gasteiger partial charge in [-0.25, -0.2) is 0 Å². The minimum absolute atomic E-state index is 0. The van der Waals surface area contributed by atoms with Gasteiger partial charge in [-0.15, -0.1) is 0 Å². The normalized spacial score (nSPS) is 12.8. The van der Waals surface area contributed by atoms with Crippen molar-refractivity contribution in [3.63, 3.8) is 0 Å². The van der Waals surface area contributed by atoms with Crippen molar-refractivity contribution in [3.8, 4) is 0 Å². The maximum absolute atomic E-state index is 2.56. The molecule has 0 heterocycles. The second kappa shape index (κ2) is 38.4. The third-order valence-electron chi connectivity index (χ3n) is 10.1. The molecule has 0 aliphatic carbocycles. The second-order valence-electron chi connectivity index (χ2n) is 14.8. The third kappa shape index (κ3) is 36.6. The number of hydrogen-bond acceptors (Lipinski definition) is 0. The largest absolute Gasteiger partial charge is 1.00 e. The predicted molar refractivity (Wildman–Crippen MR) is 195 cm³/mol. The smallest absolute Gasteiger partial charge is 0.0784 e. The van der Waals surface area contributed by atoms with Crippen molar-refractivity contribution in [1.82, 2.24) is 0 Å². The van der Waals surface area contributed by atoms with Crippen molar-refractivity contribution >= 4 is 0 Å². The van der Waals surface area contributed by atoms with Crippen LogP contribution in [0.5, 0.6) is 0 Å². The number of quaternary nitrogens is 1. The van der Waals surface area contributed by atoms with Crippen molar-refractivity contribution in [2.45, 2.75) is 239 Å². The maximum Gasteiger partial charge on any atom is 0.0784 e. The van der Waals surface area contributed by atoms with Gasteiger partial charge in [0.1, 0.15) is 0 Å². The minimum Gasteiger partial charge on any atom is -1.00 e. The first-order valence-corrected chi connectivity index (χ1v) is 20.5. The van der Waals surface area contributed by atoms with Crippen LogP contribution in [0, 0.1) is 0 Å². The van der Waals surface area contributed by atoms with E-state index in [1.54, 1.807) is 0 Å². The molecule has 0 spiro atoms. The Hall–Kier alpha value is 0.250. The molecule has 2 heteroatoms. The molecular formula is C41H86ClN. The second-order valence-corrected chi connectivity index (χ2v) is 14.8. The highest BCUT2D eigenvalue weighted by Crippen LogP contribution is 2.17. The molecule has 0 aromatic rings. The van der Waals surface area contributed by atoms with Crippen LogP contribution in [-0.2, 0) is 0 Å². The topological polar surface area (TPSA) is 0 Å². The molecule has 1 unspecified atom stereocenters. The van der Waals surface area contributed by atoms with Crippen LogP contribution in [0.4, 0.5) is 0 Å². The minimum atomic E-state index is 0. The van der Waals surface area contributed by atoms with Gasteiger partial charge < -0.3 is 16.9 Å². The summed E-state index contributed by atoms with van der Waals surface area (Å²) in [6.07, 6.45) is 49.9. The van der Waals surface area contributed by atoms with E-state index in [2.05, 4.69) is 27.8 Å². The Kier molecular flexibility index (Phi) is 40.6. The summed E-state index contributed by atoms with van der Waals surface area (Å²) >= 11 is 0. The Morgan fingerprint density at radius 2 is 0.419 bits per heavy atom. The van der Waals surface area contributed by atoms with E-state index in [0.29, 0.717) is 0 Å². The van der Waals surface area contributed by atoms with Crippen molar-refractivity contribution in [2.75, 3.05) is 26.7 Å². The molecule has 0 fully saturated rings. The van der Waals surface area contributed by atoms with Crippen molar-refractivity contribution in [2.24, 2.45) is 0 Å². The fourth-order valence-electron chi connectivity index (χ4n) is 7.14. The lowest BCUT2D eigenvalue weighted by molar-refractivity contribution is -0.910. The Morgan fingerprint density at radius 3 is 0.605 bits per heavy atom. The molecule has 43 heavy (non-hydrogen) atoms. The first-order valence-electron chi connectivity index (χ1n) is 20.5. The number of unbranched alkanes of at least 4 members (excludes halogenated alkanes) is 31. The van der Waals surface area contributed by atoms with Gasteiger partial charge in [-0.05, 0) is 32.1 Å². The predicted octanol–water partition coefficient (Wildman–Crippen LogP) is 11.8. The van der Waals surface area contributed by atoms with Crippen LogP contribution in [-0.4, -0.2) is 31.2 Å². The van der Waals surface area contributed by atoms with Crippen LogP contribution in [0.3, 0.4) is 0 Å². The lowest BCUT2D eigenvalue weighted by Crippen LogP contribution is -3.00. The Bertz CT molecular complexity index is 480. The molecule has 0 aliphatic rings. The fourth-order valence-corrected chi connectivity index (χ4v) is 7.14. The van der Waals surface area contributed by atoms with Crippen molar-refractivity contribution in [1.29, 1.82) is 0 Å². The zero-order valence-electron chi connectivity index (χ0n) is 31.0. The number of halogens is 1. The van der Waals surface area contributed by atoms with Gasteiger partial charge in [-0.1, -0.05) is 207 Å². The van der Waals surface area contributed by atoms with Crippen molar-refractivity contribution < 1.29 is 16.9 Å².